The quantitative estimate of drug-likeness (QED) is 0.710. The molecule has 0 aliphatic rings. The van der Waals surface area contributed by atoms with Crippen molar-refractivity contribution in [3.8, 4) is 5.75 Å². The first-order chi connectivity index (χ1) is 9.87. The summed E-state index contributed by atoms with van der Waals surface area (Å²) in [5.74, 6) is 1.78. The van der Waals surface area contributed by atoms with E-state index in [9.17, 15) is 0 Å². The van der Waals surface area contributed by atoms with E-state index in [-0.39, 0.29) is 11.5 Å². The number of anilines is 2. The summed E-state index contributed by atoms with van der Waals surface area (Å²) in [6, 6.07) is 5.93. The molecule has 1 aromatic carbocycles. The minimum atomic E-state index is -0.124. The Labute approximate surface area is 126 Å². The molecule has 0 spiro atoms. The lowest BCUT2D eigenvalue weighted by atomic mass is 10.1. The van der Waals surface area contributed by atoms with E-state index in [1.165, 1.54) is 0 Å². The van der Waals surface area contributed by atoms with E-state index in [0.717, 1.165) is 20.9 Å². The summed E-state index contributed by atoms with van der Waals surface area (Å²) < 4.78 is 8.34. The lowest BCUT2D eigenvalue weighted by Crippen LogP contribution is -2.36. The number of hydrogen-bond acceptors (Lipinski definition) is 6. The van der Waals surface area contributed by atoms with Gasteiger partial charge in [0.2, 0.25) is 0 Å². The number of nitrogens with one attached hydrogen (secondary N) is 1. The highest BCUT2D eigenvalue weighted by Gasteiger charge is 2.23. The molecule has 6 nitrogen and oxygen atoms in total. The molecular formula is C14H18N5OS+. The fraction of sp³-hybridized carbons (Fsp3) is 0.357. The van der Waals surface area contributed by atoms with E-state index in [2.05, 4.69) is 36.1 Å². The minimum Gasteiger partial charge on any atom is -0.497 e. The molecule has 0 radical (unpaired) electrons. The molecule has 0 bridgehead atoms. The van der Waals surface area contributed by atoms with Crippen LogP contribution in [0.5, 0.6) is 5.75 Å². The second-order valence-corrected chi connectivity index (χ2v) is 6.84. The predicted octanol–water partition coefficient (Wildman–Crippen LogP) is 2.23. The van der Waals surface area contributed by atoms with Crippen LogP contribution in [-0.2, 0) is 0 Å². The molecule has 0 fully saturated rings. The van der Waals surface area contributed by atoms with Crippen molar-refractivity contribution >= 4 is 38.4 Å². The van der Waals surface area contributed by atoms with E-state index >= 15 is 0 Å². The molecule has 110 valence electrons. The van der Waals surface area contributed by atoms with Crippen LogP contribution in [0.25, 0.3) is 15.2 Å². The van der Waals surface area contributed by atoms with E-state index < -0.39 is 0 Å². The Bertz CT molecular complexity index is 821. The first-order valence-electron chi connectivity index (χ1n) is 6.61. The number of aromatic nitrogens is 3. The second kappa shape index (κ2) is 4.70. The van der Waals surface area contributed by atoms with Gasteiger partial charge >= 0.3 is 16.9 Å². The van der Waals surface area contributed by atoms with Gasteiger partial charge in [0.15, 0.2) is 0 Å². The van der Waals surface area contributed by atoms with Crippen LogP contribution < -0.4 is 20.2 Å². The molecule has 3 aromatic rings. The largest absolute Gasteiger partial charge is 0.497 e. The van der Waals surface area contributed by atoms with Crippen molar-refractivity contribution in [3.63, 3.8) is 0 Å². The third-order valence-electron chi connectivity index (χ3n) is 2.93. The Morgan fingerprint density at radius 3 is 2.71 bits per heavy atom. The summed E-state index contributed by atoms with van der Waals surface area (Å²) in [6.45, 7) is 6.24. The van der Waals surface area contributed by atoms with Crippen molar-refractivity contribution in [2.45, 2.75) is 26.3 Å². The lowest BCUT2D eigenvalue weighted by molar-refractivity contribution is -0.467. The molecule has 21 heavy (non-hydrogen) atoms. The van der Waals surface area contributed by atoms with Crippen LogP contribution >= 0.6 is 11.3 Å². The van der Waals surface area contributed by atoms with Crippen molar-refractivity contribution in [3.05, 3.63) is 18.2 Å². The van der Waals surface area contributed by atoms with Crippen molar-refractivity contribution < 1.29 is 9.14 Å². The highest BCUT2D eigenvalue weighted by atomic mass is 32.1. The summed E-state index contributed by atoms with van der Waals surface area (Å²) in [4.78, 5) is 9.48. The Kier molecular flexibility index (Phi) is 3.09. The molecule has 7 heteroatoms. The molecule has 0 aliphatic heterocycles. The average molecular weight is 304 g/mol. The van der Waals surface area contributed by atoms with Gasteiger partial charge in [-0.05, 0) is 32.9 Å². The SMILES string of the molecule is COc1ccc2c(c1)sc1nc(N)nc(NC(C)(C)C)[n+]12. The maximum absolute atomic E-state index is 5.83. The van der Waals surface area contributed by atoms with Crippen molar-refractivity contribution in [1.82, 2.24) is 9.97 Å². The zero-order chi connectivity index (χ0) is 15.2. The molecule has 0 atom stereocenters. The summed E-state index contributed by atoms with van der Waals surface area (Å²) >= 11 is 1.56. The second-order valence-electron chi connectivity index (χ2n) is 5.83. The van der Waals surface area contributed by atoms with Gasteiger partial charge in [-0.3, -0.25) is 5.32 Å². The predicted molar refractivity (Wildman–Crippen MR) is 84.9 cm³/mol. The number of thiazole rings is 1. The van der Waals surface area contributed by atoms with Crippen molar-refractivity contribution in [2.75, 3.05) is 18.2 Å². The topological polar surface area (TPSA) is 77.2 Å². The highest BCUT2D eigenvalue weighted by molar-refractivity contribution is 7.22. The van der Waals surface area contributed by atoms with E-state index in [0.29, 0.717) is 5.95 Å². The van der Waals surface area contributed by atoms with Gasteiger partial charge in [0.25, 0.3) is 0 Å². The molecule has 0 aliphatic carbocycles. The Hall–Kier alpha value is -2.15. The number of nitrogens with zero attached hydrogens (tertiary/aromatic N) is 3. The molecule has 0 saturated heterocycles. The van der Waals surface area contributed by atoms with Crippen LogP contribution in [0.15, 0.2) is 18.2 Å². The number of rotatable bonds is 2. The molecule has 3 rings (SSSR count). The van der Waals surface area contributed by atoms with Gasteiger partial charge in [-0.2, -0.15) is 4.40 Å². The average Bonchev–Trinajstić information content (AvgIpc) is 2.73. The molecular weight excluding hydrogens is 286 g/mol. The van der Waals surface area contributed by atoms with Crippen LogP contribution in [0.3, 0.4) is 0 Å². The zero-order valence-electron chi connectivity index (χ0n) is 12.5. The van der Waals surface area contributed by atoms with E-state index in [1.54, 1.807) is 18.4 Å². The maximum Gasteiger partial charge on any atom is 0.358 e. The Morgan fingerprint density at radius 1 is 1.29 bits per heavy atom. The van der Waals surface area contributed by atoms with Crippen molar-refractivity contribution in [1.29, 1.82) is 0 Å². The number of fused-ring (bicyclic) bond motifs is 3. The first kappa shape index (κ1) is 13.8. The zero-order valence-corrected chi connectivity index (χ0v) is 13.3. The summed E-state index contributed by atoms with van der Waals surface area (Å²) in [6.07, 6.45) is 0. The van der Waals surface area contributed by atoms with Gasteiger partial charge in [0.05, 0.1) is 17.3 Å². The van der Waals surface area contributed by atoms with Crippen LogP contribution in [0.4, 0.5) is 11.9 Å². The van der Waals surface area contributed by atoms with Gasteiger partial charge in [-0.15, -0.1) is 0 Å². The normalized spacial score (nSPS) is 12.0. The van der Waals surface area contributed by atoms with Crippen LogP contribution in [0.2, 0.25) is 0 Å². The smallest absolute Gasteiger partial charge is 0.358 e. The summed E-state index contributed by atoms with van der Waals surface area (Å²) in [5.41, 5.74) is 6.73. The number of hydrogen-bond donors (Lipinski definition) is 2. The van der Waals surface area contributed by atoms with E-state index in [1.807, 2.05) is 22.6 Å². The molecule has 2 heterocycles. The van der Waals surface area contributed by atoms with Crippen molar-refractivity contribution in [2.24, 2.45) is 0 Å². The molecule has 2 aromatic heterocycles. The fourth-order valence-electron chi connectivity index (χ4n) is 2.11. The summed E-state index contributed by atoms with van der Waals surface area (Å²) in [5, 5.41) is 3.38. The Balaban J connectivity index is 2.31. The number of nitrogens with two attached hydrogens (primary N) is 1. The number of nitrogen functional groups attached to an aromatic ring is 1. The van der Waals surface area contributed by atoms with Gasteiger partial charge in [-0.25, -0.2) is 0 Å². The standard InChI is InChI=1S/C14H17N5OS/c1-14(2,3)18-12-16-11(15)17-13-19(12)9-6-5-8(20-4)7-10(9)21-13/h5-7H,1-4H3,(H2,15,16,18)/p+1. The van der Waals surface area contributed by atoms with Crippen LogP contribution in [0.1, 0.15) is 20.8 Å². The van der Waals surface area contributed by atoms with Gasteiger partial charge < -0.3 is 10.5 Å². The number of benzene rings is 1. The molecule has 0 saturated carbocycles. The van der Waals surface area contributed by atoms with Gasteiger partial charge in [0.1, 0.15) is 11.3 Å². The molecule has 3 N–H and O–H groups in total. The van der Waals surface area contributed by atoms with E-state index in [4.69, 9.17) is 10.5 Å². The van der Waals surface area contributed by atoms with Gasteiger partial charge in [-0.1, -0.05) is 21.3 Å². The fourth-order valence-corrected chi connectivity index (χ4v) is 3.16. The van der Waals surface area contributed by atoms with Gasteiger partial charge in [0, 0.05) is 6.07 Å². The first-order valence-corrected chi connectivity index (χ1v) is 7.43. The minimum absolute atomic E-state index is 0.124. The third-order valence-corrected chi connectivity index (χ3v) is 3.93. The lowest BCUT2D eigenvalue weighted by Gasteiger charge is -2.16. The number of methoxy groups -OCH3 is 1. The molecule has 0 unspecified atom stereocenters. The Morgan fingerprint density at radius 2 is 2.05 bits per heavy atom. The number of ether oxygens (including phenoxy) is 1. The van der Waals surface area contributed by atoms with Crippen LogP contribution in [0, 0.1) is 0 Å². The molecule has 0 amide bonds. The monoisotopic (exact) mass is 304 g/mol. The maximum atomic E-state index is 5.83. The third kappa shape index (κ3) is 2.56. The summed E-state index contributed by atoms with van der Waals surface area (Å²) in [7, 11) is 1.66. The van der Waals surface area contributed by atoms with Crippen LogP contribution in [-0.4, -0.2) is 22.6 Å². The highest BCUT2D eigenvalue weighted by Crippen LogP contribution is 2.26.